The predicted molar refractivity (Wildman–Crippen MR) is 52.6 cm³/mol. The van der Waals surface area contributed by atoms with Crippen molar-refractivity contribution in [3.63, 3.8) is 0 Å². The molecular weight excluding hydrogens is 201 g/mol. The van der Waals surface area contributed by atoms with Gasteiger partial charge in [-0.3, -0.25) is 4.98 Å². The van der Waals surface area contributed by atoms with E-state index in [0.717, 1.165) is 0 Å². The third-order valence-electron chi connectivity index (χ3n) is 1.89. The number of thiophene rings is 1. The predicted octanol–water partition coefficient (Wildman–Crippen LogP) is 2.36. The van der Waals surface area contributed by atoms with Gasteiger partial charge in [0.15, 0.2) is 0 Å². The Kier molecular flexibility index (Phi) is 2.56. The van der Waals surface area contributed by atoms with Crippen LogP contribution in [0.1, 0.15) is 16.5 Å². The second-order valence-corrected chi connectivity index (χ2v) is 3.77. The zero-order chi connectivity index (χ0) is 9.97. The Hall–Kier alpha value is -1.26. The highest BCUT2D eigenvalue weighted by Gasteiger charge is 2.15. The fraction of sp³-hybridized carbons (Fsp3) is 0.100. The van der Waals surface area contributed by atoms with Crippen LogP contribution in [0.2, 0.25) is 0 Å². The average molecular weight is 209 g/mol. The zero-order valence-corrected chi connectivity index (χ0v) is 8.04. The number of hydrogen-bond acceptors (Lipinski definition) is 3. The molecule has 2 nitrogen and oxygen atoms in total. The molecule has 0 fully saturated rings. The Balaban J connectivity index is 2.34. The zero-order valence-electron chi connectivity index (χ0n) is 7.22. The summed E-state index contributed by atoms with van der Waals surface area (Å²) in [7, 11) is 0. The first-order chi connectivity index (χ1) is 6.79. The maximum atomic E-state index is 13.1. The van der Waals surface area contributed by atoms with Crippen LogP contribution in [0.3, 0.4) is 0 Å². The average Bonchev–Trinajstić information content (AvgIpc) is 2.65. The molecule has 0 aliphatic carbocycles. The van der Waals surface area contributed by atoms with Crippen molar-refractivity contribution in [2.24, 2.45) is 0 Å². The summed E-state index contributed by atoms with van der Waals surface area (Å²) in [5, 5.41) is 11.4. The van der Waals surface area contributed by atoms with E-state index < -0.39 is 6.10 Å². The van der Waals surface area contributed by atoms with E-state index in [9.17, 15) is 9.50 Å². The number of rotatable bonds is 2. The Morgan fingerprint density at radius 1 is 1.43 bits per heavy atom. The molecule has 1 unspecified atom stereocenters. The molecule has 1 atom stereocenters. The first kappa shape index (κ1) is 9.30. The molecule has 2 aromatic heterocycles. The fourth-order valence-electron chi connectivity index (χ4n) is 1.19. The highest BCUT2D eigenvalue weighted by molar-refractivity contribution is 7.10. The normalized spacial score (nSPS) is 12.7. The lowest BCUT2D eigenvalue weighted by atomic mass is 10.1. The van der Waals surface area contributed by atoms with Crippen LogP contribution >= 0.6 is 11.3 Å². The van der Waals surface area contributed by atoms with E-state index in [1.807, 2.05) is 0 Å². The second-order valence-electron chi connectivity index (χ2n) is 2.82. The summed E-state index contributed by atoms with van der Waals surface area (Å²) >= 11 is 1.20. The van der Waals surface area contributed by atoms with Crippen molar-refractivity contribution >= 4 is 11.3 Å². The fourth-order valence-corrected chi connectivity index (χ4v) is 1.97. The molecule has 0 bridgehead atoms. The van der Waals surface area contributed by atoms with E-state index in [2.05, 4.69) is 4.98 Å². The van der Waals surface area contributed by atoms with Crippen molar-refractivity contribution in [1.82, 2.24) is 4.98 Å². The molecular formula is C10H8FNOS. The molecule has 0 spiro atoms. The molecule has 0 aliphatic heterocycles. The smallest absolute Gasteiger partial charge is 0.140 e. The van der Waals surface area contributed by atoms with Gasteiger partial charge in [-0.05, 0) is 17.5 Å². The lowest BCUT2D eigenvalue weighted by Gasteiger charge is -2.07. The Labute approximate surface area is 84.7 Å². The molecule has 1 N–H and O–H groups in total. The molecule has 0 aromatic carbocycles. The van der Waals surface area contributed by atoms with Crippen molar-refractivity contribution in [3.05, 3.63) is 52.2 Å². The van der Waals surface area contributed by atoms with Crippen molar-refractivity contribution in [3.8, 4) is 0 Å². The van der Waals surface area contributed by atoms with Gasteiger partial charge in [-0.2, -0.15) is 0 Å². The molecule has 4 heteroatoms. The molecule has 0 amide bonds. The van der Waals surface area contributed by atoms with Gasteiger partial charge in [0.05, 0.1) is 4.88 Å². The minimum Gasteiger partial charge on any atom is -0.383 e. The van der Waals surface area contributed by atoms with E-state index in [4.69, 9.17) is 0 Å². The Morgan fingerprint density at radius 3 is 2.86 bits per heavy atom. The van der Waals surface area contributed by atoms with Gasteiger partial charge in [0.25, 0.3) is 0 Å². The maximum absolute atomic E-state index is 13.1. The van der Waals surface area contributed by atoms with Crippen molar-refractivity contribution in [2.45, 2.75) is 6.10 Å². The van der Waals surface area contributed by atoms with E-state index in [1.54, 1.807) is 23.7 Å². The summed E-state index contributed by atoms with van der Waals surface area (Å²) in [4.78, 5) is 4.20. The first-order valence-electron chi connectivity index (χ1n) is 4.10. The number of halogens is 1. The van der Waals surface area contributed by atoms with Gasteiger partial charge in [0, 0.05) is 18.0 Å². The van der Waals surface area contributed by atoms with Gasteiger partial charge >= 0.3 is 0 Å². The summed E-state index contributed by atoms with van der Waals surface area (Å²) in [6.07, 6.45) is 2.23. The second kappa shape index (κ2) is 3.86. The lowest BCUT2D eigenvalue weighted by molar-refractivity contribution is 0.219. The number of hydrogen-bond donors (Lipinski definition) is 1. The molecule has 14 heavy (non-hydrogen) atoms. The monoisotopic (exact) mass is 209 g/mol. The molecule has 72 valence electrons. The molecule has 2 aromatic rings. The van der Waals surface area contributed by atoms with Crippen molar-refractivity contribution in [2.75, 3.05) is 0 Å². The summed E-state index contributed by atoms with van der Waals surface area (Å²) in [5.74, 6) is -0.369. The van der Waals surface area contributed by atoms with E-state index in [0.29, 0.717) is 10.4 Å². The van der Waals surface area contributed by atoms with Crippen LogP contribution < -0.4 is 0 Å². The Bertz CT molecular complexity index is 415. The van der Waals surface area contributed by atoms with E-state index >= 15 is 0 Å². The third-order valence-corrected chi connectivity index (χ3v) is 2.84. The van der Waals surface area contributed by atoms with Crippen LogP contribution in [0.15, 0.2) is 36.0 Å². The van der Waals surface area contributed by atoms with Crippen LogP contribution in [0.25, 0.3) is 0 Å². The number of aromatic nitrogens is 1. The Morgan fingerprint density at radius 2 is 2.29 bits per heavy atom. The minimum absolute atomic E-state index is 0.331. The van der Waals surface area contributed by atoms with Crippen LogP contribution in [0, 0.1) is 5.82 Å². The third kappa shape index (κ3) is 1.66. The highest BCUT2D eigenvalue weighted by atomic mass is 32.1. The number of aliphatic hydroxyl groups excluding tert-OH is 1. The first-order valence-corrected chi connectivity index (χ1v) is 4.98. The van der Waals surface area contributed by atoms with E-state index in [-0.39, 0.29) is 5.82 Å². The molecule has 0 aliphatic rings. The minimum atomic E-state index is -0.913. The summed E-state index contributed by atoms with van der Waals surface area (Å²) < 4.78 is 13.1. The SMILES string of the molecule is OC(c1cccnc1)c1sccc1F. The number of aliphatic hydroxyl groups is 1. The van der Waals surface area contributed by atoms with Crippen LogP contribution in [-0.4, -0.2) is 10.1 Å². The van der Waals surface area contributed by atoms with Gasteiger partial charge in [0.1, 0.15) is 11.9 Å². The van der Waals surface area contributed by atoms with Crippen molar-refractivity contribution < 1.29 is 9.50 Å². The summed E-state index contributed by atoms with van der Waals surface area (Å²) in [5.41, 5.74) is 0.605. The van der Waals surface area contributed by atoms with Crippen LogP contribution in [-0.2, 0) is 0 Å². The molecule has 2 heterocycles. The summed E-state index contributed by atoms with van der Waals surface area (Å²) in [6.45, 7) is 0. The number of nitrogens with zero attached hydrogens (tertiary/aromatic N) is 1. The molecule has 2 rings (SSSR count). The lowest BCUT2D eigenvalue weighted by Crippen LogP contribution is -1.99. The van der Waals surface area contributed by atoms with Crippen LogP contribution in [0.5, 0.6) is 0 Å². The standard InChI is InChI=1S/C10H8FNOS/c11-8-3-5-14-10(8)9(13)7-2-1-4-12-6-7/h1-6,9,13H. The number of pyridine rings is 1. The molecule has 0 saturated heterocycles. The maximum Gasteiger partial charge on any atom is 0.140 e. The van der Waals surface area contributed by atoms with Gasteiger partial charge in [0.2, 0.25) is 0 Å². The van der Waals surface area contributed by atoms with Gasteiger partial charge in [-0.15, -0.1) is 11.3 Å². The topological polar surface area (TPSA) is 33.1 Å². The largest absolute Gasteiger partial charge is 0.383 e. The van der Waals surface area contributed by atoms with Gasteiger partial charge < -0.3 is 5.11 Å². The molecule has 0 saturated carbocycles. The van der Waals surface area contributed by atoms with Crippen LogP contribution in [0.4, 0.5) is 4.39 Å². The van der Waals surface area contributed by atoms with Gasteiger partial charge in [-0.25, -0.2) is 4.39 Å². The van der Waals surface area contributed by atoms with Crippen molar-refractivity contribution in [1.29, 1.82) is 0 Å². The quantitative estimate of drug-likeness (QED) is 0.823. The highest BCUT2D eigenvalue weighted by Crippen LogP contribution is 2.27. The van der Waals surface area contributed by atoms with Gasteiger partial charge in [-0.1, -0.05) is 6.07 Å². The van der Waals surface area contributed by atoms with E-state index in [1.165, 1.54) is 23.6 Å². The molecule has 0 radical (unpaired) electrons. The summed E-state index contributed by atoms with van der Waals surface area (Å²) in [6, 6.07) is 4.78.